The van der Waals surface area contributed by atoms with E-state index in [1.165, 1.54) is 6.33 Å². The van der Waals surface area contributed by atoms with Crippen molar-refractivity contribution in [3.05, 3.63) is 23.2 Å². The van der Waals surface area contributed by atoms with Crippen molar-refractivity contribution in [1.29, 1.82) is 0 Å². The maximum absolute atomic E-state index is 3.78. The zero-order valence-electron chi connectivity index (χ0n) is 3.91. The molecule has 0 atom stereocenters. The molecule has 8 heavy (non-hydrogen) atoms. The summed E-state index contributed by atoms with van der Waals surface area (Å²) < 4.78 is 0.822. The average molecular weight is 195 g/mol. The van der Waals surface area contributed by atoms with Crippen LogP contribution in [0, 0.1) is 0 Å². The molecule has 0 saturated carbocycles. The lowest BCUT2D eigenvalue weighted by molar-refractivity contribution is 1.14. The summed E-state index contributed by atoms with van der Waals surface area (Å²) >= 11 is 3.16. The number of hydrogen-bond acceptors (Lipinski definition) is 2. The molecule has 0 aliphatic heterocycles. The molecule has 0 aliphatic rings. The van der Waals surface area contributed by atoms with Gasteiger partial charge in [-0.05, 0) is 22.0 Å². The Balaban J connectivity index is 0.000000490. The summed E-state index contributed by atoms with van der Waals surface area (Å²) in [5, 5.41) is 0. The van der Waals surface area contributed by atoms with Gasteiger partial charge in [0.25, 0.3) is 0 Å². The van der Waals surface area contributed by atoms with E-state index in [4.69, 9.17) is 0 Å². The molecular weight excluding hydrogens is 191 g/mol. The molecule has 2 nitrogen and oxygen atoms in total. The second kappa shape index (κ2) is 3.80. The predicted molar refractivity (Wildman–Crippen MR) is 37.0 cm³/mol. The van der Waals surface area contributed by atoms with Gasteiger partial charge in [-0.3, -0.25) is 0 Å². The highest BCUT2D eigenvalue weighted by atomic mass is 79.9. The Kier molecular flexibility index (Phi) is 3.73. The number of rotatable bonds is 0. The third-order valence-electron chi connectivity index (χ3n) is 0.546. The fourth-order valence-corrected chi connectivity index (χ4v) is 0.484. The first kappa shape index (κ1) is 7.85. The molecular formula is C4H4BrClN2. The Morgan fingerprint density at radius 1 is 1.50 bits per heavy atom. The minimum Gasteiger partial charge on any atom is -0.245 e. The highest BCUT2D eigenvalue weighted by Gasteiger charge is 1.76. The van der Waals surface area contributed by atoms with Crippen LogP contribution in [0.15, 0.2) is 23.2 Å². The third kappa shape index (κ3) is 2.23. The summed E-state index contributed by atoms with van der Waals surface area (Å²) in [7, 11) is 0. The second-order valence-corrected chi connectivity index (χ2v) is 1.84. The molecule has 1 rings (SSSR count). The Bertz CT molecular complexity index is 144. The molecule has 0 fully saturated rings. The van der Waals surface area contributed by atoms with Crippen molar-refractivity contribution in [2.45, 2.75) is 0 Å². The molecule has 1 heterocycles. The fourth-order valence-electron chi connectivity index (χ4n) is 0.275. The van der Waals surface area contributed by atoms with Gasteiger partial charge < -0.3 is 0 Å². The van der Waals surface area contributed by atoms with Crippen molar-refractivity contribution in [2.24, 2.45) is 0 Å². The minimum atomic E-state index is 0. The maximum atomic E-state index is 3.78. The van der Waals surface area contributed by atoms with E-state index >= 15 is 0 Å². The molecule has 0 aromatic carbocycles. The molecule has 0 N–H and O–H groups in total. The topological polar surface area (TPSA) is 25.8 Å². The van der Waals surface area contributed by atoms with Crippen molar-refractivity contribution >= 4 is 28.3 Å². The van der Waals surface area contributed by atoms with Crippen molar-refractivity contribution < 1.29 is 0 Å². The van der Waals surface area contributed by atoms with E-state index in [1.807, 2.05) is 0 Å². The highest BCUT2D eigenvalue weighted by Crippen LogP contribution is 1.98. The Morgan fingerprint density at radius 3 is 2.50 bits per heavy atom. The molecule has 0 radical (unpaired) electrons. The maximum Gasteiger partial charge on any atom is 0.116 e. The van der Waals surface area contributed by atoms with E-state index in [0.29, 0.717) is 0 Å². The number of halogens is 2. The fraction of sp³-hybridized carbons (Fsp3) is 0. The first-order valence-electron chi connectivity index (χ1n) is 1.81. The van der Waals surface area contributed by atoms with Crippen LogP contribution in [0.25, 0.3) is 0 Å². The predicted octanol–water partition coefficient (Wildman–Crippen LogP) is 1.66. The van der Waals surface area contributed by atoms with Crippen LogP contribution in [0.1, 0.15) is 0 Å². The molecule has 0 unspecified atom stereocenters. The van der Waals surface area contributed by atoms with E-state index in [-0.39, 0.29) is 12.4 Å². The highest BCUT2D eigenvalue weighted by molar-refractivity contribution is 9.10. The van der Waals surface area contributed by atoms with E-state index in [9.17, 15) is 0 Å². The zero-order chi connectivity index (χ0) is 5.11. The molecule has 0 amide bonds. The summed E-state index contributed by atoms with van der Waals surface area (Å²) in [6.07, 6.45) is 3.17. The van der Waals surface area contributed by atoms with Gasteiger partial charge in [0.05, 0.1) is 0 Å². The van der Waals surface area contributed by atoms with Gasteiger partial charge in [0.1, 0.15) is 10.9 Å². The van der Waals surface area contributed by atoms with Crippen LogP contribution in [-0.4, -0.2) is 9.97 Å². The second-order valence-electron chi connectivity index (χ2n) is 1.03. The summed E-state index contributed by atoms with van der Waals surface area (Å²) in [5.41, 5.74) is 0. The number of hydrogen-bond donors (Lipinski definition) is 0. The van der Waals surface area contributed by atoms with Crippen LogP contribution < -0.4 is 0 Å². The summed E-state index contributed by atoms with van der Waals surface area (Å²) in [5.74, 6) is 0. The molecule has 0 spiro atoms. The summed E-state index contributed by atoms with van der Waals surface area (Å²) in [4.78, 5) is 7.49. The van der Waals surface area contributed by atoms with Gasteiger partial charge in [-0.2, -0.15) is 0 Å². The van der Waals surface area contributed by atoms with Gasteiger partial charge in [-0.1, -0.05) is 0 Å². The van der Waals surface area contributed by atoms with E-state index in [1.54, 1.807) is 12.3 Å². The Labute approximate surface area is 61.9 Å². The third-order valence-corrected chi connectivity index (χ3v) is 1.01. The normalized spacial score (nSPS) is 7.62. The molecule has 4 heteroatoms. The van der Waals surface area contributed by atoms with Crippen LogP contribution in [0.2, 0.25) is 0 Å². The summed E-state index contributed by atoms with van der Waals surface area (Å²) in [6.45, 7) is 0. The smallest absolute Gasteiger partial charge is 0.116 e. The van der Waals surface area contributed by atoms with Gasteiger partial charge in [0.2, 0.25) is 0 Å². The first-order chi connectivity index (χ1) is 3.39. The zero-order valence-corrected chi connectivity index (χ0v) is 6.32. The van der Waals surface area contributed by atoms with Crippen molar-refractivity contribution in [1.82, 2.24) is 9.97 Å². The molecule has 0 bridgehead atoms. The average Bonchev–Trinajstić information content (AvgIpc) is 1.69. The minimum absolute atomic E-state index is 0. The Morgan fingerprint density at radius 2 is 2.25 bits per heavy atom. The van der Waals surface area contributed by atoms with Crippen LogP contribution in [0.3, 0.4) is 0 Å². The SMILES string of the molecule is Brc1ccncn1.Cl. The standard InChI is InChI=1S/C4H3BrN2.ClH/c5-4-1-2-6-3-7-4;/h1-3H;1H. The van der Waals surface area contributed by atoms with Gasteiger partial charge >= 0.3 is 0 Å². The van der Waals surface area contributed by atoms with Gasteiger partial charge in [0, 0.05) is 6.20 Å². The van der Waals surface area contributed by atoms with E-state index in [0.717, 1.165) is 4.60 Å². The molecule has 0 saturated heterocycles. The van der Waals surface area contributed by atoms with Crippen LogP contribution in [0.5, 0.6) is 0 Å². The lowest BCUT2D eigenvalue weighted by Crippen LogP contribution is -1.72. The number of aromatic nitrogens is 2. The van der Waals surface area contributed by atoms with E-state index < -0.39 is 0 Å². The Hall–Kier alpha value is -0.150. The molecule has 0 aliphatic carbocycles. The number of nitrogens with zero attached hydrogens (tertiary/aromatic N) is 2. The van der Waals surface area contributed by atoms with E-state index in [2.05, 4.69) is 25.9 Å². The quantitative estimate of drug-likeness (QED) is 0.589. The van der Waals surface area contributed by atoms with Gasteiger partial charge in [0.15, 0.2) is 0 Å². The van der Waals surface area contributed by atoms with Crippen LogP contribution in [0.4, 0.5) is 0 Å². The van der Waals surface area contributed by atoms with Gasteiger partial charge in [-0.15, -0.1) is 12.4 Å². The molecule has 44 valence electrons. The largest absolute Gasteiger partial charge is 0.245 e. The van der Waals surface area contributed by atoms with Crippen molar-refractivity contribution in [3.63, 3.8) is 0 Å². The first-order valence-corrected chi connectivity index (χ1v) is 2.60. The summed E-state index contributed by atoms with van der Waals surface area (Å²) in [6, 6.07) is 1.78. The van der Waals surface area contributed by atoms with Gasteiger partial charge in [-0.25, -0.2) is 9.97 Å². The van der Waals surface area contributed by atoms with Crippen molar-refractivity contribution in [3.8, 4) is 0 Å². The monoisotopic (exact) mass is 194 g/mol. The van der Waals surface area contributed by atoms with Crippen LogP contribution in [-0.2, 0) is 0 Å². The molecule has 1 aromatic rings. The van der Waals surface area contributed by atoms with Crippen LogP contribution >= 0.6 is 28.3 Å². The lowest BCUT2D eigenvalue weighted by atomic mass is 10.7. The van der Waals surface area contributed by atoms with Crippen molar-refractivity contribution in [2.75, 3.05) is 0 Å². The molecule has 1 aromatic heterocycles. The lowest BCUT2D eigenvalue weighted by Gasteiger charge is -1.79.